The van der Waals surface area contributed by atoms with Crippen molar-refractivity contribution in [3.8, 4) is 0 Å². The third-order valence-electron chi connectivity index (χ3n) is 2.99. The number of nitrogens with zero attached hydrogens (tertiary/aromatic N) is 2. The van der Waals surface area contributed by atoms with Crippen LogP contribution in [-0.2, 0) is 14.8 Å². The van der Waals surface area contributed by atoms with E-state index in [0.717, 1.165) is 11.8 Å². The zero-order chi connectivity index (χ0) is 15.5. The van der Waals surface area contributed by atoms with E-state index in [-0.39, 0.29) is 10.1 Å². The van der Waals surface area contributed by atoms with Gasteiger partial charge in [0.25, 0.3) is 0 Å². The molecular weight excluding hydrogens is 312 g/mol. The monoisotopic (exact) mass is 328 g/mol. The van der Waals surface area contributed by atoms with Gasteiger partial charge in [-0.25, -0.2) is 13.2 Å². The molecule has 0 aliphatic carbocycles. The van der Waals surface area contributed by atoms with E-state index < -0.39 is 16.0 Å². The molecule has 1 aliphatic rings. The Morgan fingerprint density at radius 1 is 1.52 bits per heavy atom. The highest BCUT2D eigenvalue weighted by atomic mass is 32.2. The maximum Gasteiger partial charge on any atom is 0.328 e. The Labute approximate surface area is 127 Å². The van der Waals surface area contributed by atoms with Crippen molar-refractivity contribution in [2.24, 2.45) is 0 Å². The van der Waals surface area contributed by atoms with Crippen LogP contribution in [0.2, 0.25) is 0 Å². The van der Waals surface area contributed by atoms with Gasteiger partial charge in [0.15, 0.2) is 0 Å². The molecule has 1 unspecified atom stereocenters. The molecule has 0 spiro atoms. The Balaban J connectivity index is 2.27. The fraction of sp³-hybridized carbons (Fsp3) is 0.385. The Kier molecular flexibility index (Phi) is 5.02. The normalized spacial score (nSPS) is 20.7. The van der Waals surface area contributed by atoms with E-state index in [1.165, 1.54) is 28.8 Å². The summed E-state index contributed by atoms with van der Waals surface area (Å²) in [6, 6.07) is 1.44. The van der Waals surface area contributed by atoms with Crippen LogP contribution in [0, 0.1) is 0 Å². The summed E-state index contributed by atoms with van der Waals surface area (Å²) in [5.41, 5.74) is 0.443. The van der Waals surface area contributed by atoms with Crippen LogP contribution in [0.4, 0.5) is 0 Å². The number of carboxylic acid groups (broad SMARTS) is 1. The molecule has 2 rings (SSSR count). The van der Waals surface area contributed by atoms with Crippen molar-refractivity contribution in [3.63, 3.8) is 0 Å². The average molecular weight is 328 g/mol. The summed E-state index contributed by atoms with van der Waals surface area (Å²) in [5, 5.41) is 8.86. The average Bonchev–Trinajstić information content (AvgIpc) is 2.45. The van der Waals surface area contributed by atoms with Crippen molar-refractivity contribution < 1.29 is 18.3 Å². The minimum Gasteiger partial charge on any atom is -0.478 e. The first kappa shape index (κ1) is 16.0. The first-order valence-electron chi connectivity index (χ1n) is 6.37. The Bertz CT molecular complexity index is 658. The van der Waals surface area contributed by atoms with Crippen molar-refractivity contribution in [2.45, 2.75) is 17.1 Å². The van der Waals surface area contributed by atoms with Crippen LogP contribution in [0.5, 0.6) is 0 Å². The van der Waals surface area contributed by atoms with Gasteiger partial charge in [-0.3, -0.25) is 4.98 Å². The predicted octanol–water partition coefficient (Wildman–Crippen LogP) is 1.31. The van der Waals surface area contributed by atoms with Crippen molar-refractivity contribution in [3.05, 3.63) is 30.1 Å². The number of carboxylic acids is 1. The molecule has 0 aromatic carbocycles. The van der Waals surface area contributed by atoms with Crippen LogP contribution in [0.3, 0.4) is 0 Å². The smallest absolute Gasteiger partial charge is 0.328 e. The quantitative estimate of drug-likeness (QED) is 0.839. The van der Waals surface area contributed by atoms with Crippen LogP contribution in [0.25, 0.3) is 6.08 Å². The number of thioether (sulfide) groups is 1. The molecular formula is C13H16N2O4S2. The van der Waals surface area contributed by atoms with Crippen LogP contribution in [0.15, 0.2) is 29.4 Å². The van der Waals surface area contributed by atoms with Gasteiger partial charge in [0.2, 0.25) is 10.0 Å². The predicted molar refractivity (Wildman–Crippen MR) is 81.6 cm³/mol. The number of carbonyl (C=O) groups is 1. The van der Waals surface area contributed by atoms with Crippen LogP contribution in [0.1, 0.15) is 12.5 Å². The van der Waals surface area contributed by atoms with E-state index in [1.54, 1.807) is 11.8 Å². The molecule has 6 nitrogen and oxygen atoms in total. The number of rotatable bonds is 4. The molecule has 1 atom stereocenters. The van der Waals surface area contributed by atoms with E-state index in [1.807, 2.05) is 6.92 Å². The molecule has 8 heteroatoms. The number of hydrogen-bond acceptors (Lipinski definition) is 5. The molecule has 0 radical (unpaired) electrons. The van der Waals surface area contributed by atoms with Gasteiger partial charge in [-0.05, 0) is 17.7 Å². The molecule has 1 saturated heterocycles. The lowest BCUT2D eigenvalue weighted by Gasteiger charge is -2.29. The fourth-order valence-electron chi connectivity index (χ4n) is 1.99. The van der Waals surface area contributed by atoms with Gasteiger partial charge in [0, 0.05) is 42.6 Å². The standard InChI is InChI=1S/C13H16N2O4S2/c1-10-9-15(4-5-20-10)21(18,19)12-6-11(7-14-8-12)2-3-13(16)17/h2-3,6-8,10H,4-5,9H2,1H3,(H,16,17)/b3-2+. The lowest BCUT2D eigenvalue weighted by molar-refractivity contribution is -0.131. The number of aromatic nitrogens is 1. The Hall–Kier alpha value is -1.38. The first-order chi connectivity index (χ1) is 9.89. The third kappa shape index (κ3) is 4.05. The van der Waals surface area contributed by atoms with E-state index >= 15 is 0 Å². The van der Waals surface area contributed by atoms with Crippen molar-refractivity contribution in [2.75, 3.05) is 18.8 Å². The Morgan fingerprint density at radius 3 is 2.95 bits per heavy atom. The van der Waals surface area contributed by atoms with Crippen molar-refractivity contribution in [1.29, 1.82) is 0 Å². The van der Waals surface area contributed by atoms with Crippen LogP contribution < -0.4 is 0 Å². The van der Waals surface area contributed by atoms with Gasteiger partial charge in [-0.2, -0.15) is 16.1 Å². The van der Waals surface area contributed by atoms with Gasteiger partial charge in [-0.15, -0.1) is 0 Å². The molecule has 1 aromatic rings. The maximum absolute atomic E-state index is 12.6. The lowest BCUT2D eigenvalue weighted by Crippen LogP contribution is -2.40. The minimum absolute atomic E-state index is 0.0918. The van der Waals surface area contributed by atoms with E-state index in [0.29, 0.717) is 18.7 Å². The molecule has 0 amide bonds. The highest BCUT2D eigenvalue weighted by Crippen LogP contribution is 2.24. The summed E-state index contributed by atoms with van der Waals surface area (Å²) in [6.45, 7) is 2.95. The zero-order valence-electron chi connectivity index (χ0n) is 11.5. The zero-order valence-corrected chi connectivity index (χ0v) is 13.1. The van der Waals surface area contributed by atoms with E-state index in [2.05, 4.69) is 4.98 Å². The molecule has 1 N–H and O–H groups in total. The SMILES string of the molecule is CC1CN(S(=O)(=O)c2cncc(/C=C/C(=O)O)c2)CCS1. The molecule has 1 fully saturated rings. The largest absolute Gasteiger partial charge is 0.478 e. The summed E-state index contributed by atoms with van der Waals surface area (Å²) in [4.78, 5) is 14.5. The summed E-state index contributed by atoms with van der Waals surface area (Å²) in [5.74, 6) is -0.322. The third-order valence-corrected chi connectivity index (χ3v) is 5.96. The van der Waals surface area contributed by atoms with E-state index in [9.17, 15) is 13.2 Å². The highest BCUT2D eigenvalue weighted by Gasteiger charge is 2.29. The minimum atomic E-state index is -3.58. The summed E-state index contributed by atoms with van der Waals surface area (Å²) >= 11 is 1.75. The second kappa shape index (κ2) is 6.59. The second-order valence-corrected chi connectivity index (χ2v) is 8.15. The molecule has 2 heterocycles. The van der Waals surface area contributed by atoms with Crippen molar-refractivity contribution >= 4 is 33.8 Å². The van der Waals surface area contributed by atoms with Gasteiger partial charge in [-0.1, -0.05) is 6.92 Å². The number of hydrogen-bond donors (Lipinski definition) is 1. The second-order valence-electron chi connectivity index (χ2n) is 4.67. The van der Waals surface area contributed by atoms with Crippen molar-refractivity contribution in [1.82, 2.24) is 9.29 Å². The molecule has 1 aliphatic heterocycles. The van der Waals surface area contributed by atoms with E-state index in [4.69, 9.17) is 5.11 Å². The lowest BCUT2D eigenvalue weighted by atomic mass is 10.2. The van der Waals surface area contributed by atoms with Crippen LogP contribution in [-0.4, -0.2) is 52.9 Å². The highest BCUT2D eigenvalue weighted by molar-refractivity contribution is 8.00. The number of sulfonamides is 1. The number of pyridine rings is 1. The summed E-state index contributed by atoms with van der Waals surface area (Å²) in [6.07, 6.45) is 4.99. The summed E-state index contributed by atoms with van der Waals surface area (Å²) < 4.78 is 26.6. The molecule has 21 heavy (non-hydrogen) atoms. The summed E-state index contributed by atoms with van der Waals surface area (Å²) in [7, 11) is -3.58. The topological polar surface area (TPSA) is 87.6 Å². The maximum atomic E-state index is 12.6. The van der Waals surface area contributed by atoms with Gasteiger partial charge in [0.05, 0.1) is 0 Å². The Morgan fingerprint density at radius 2 is 2.29 bits per heavy atom. The van der Waals surface area contributed by atoms with Gasteiger partial charge >= 0.3 is 5.97 Å². The van der Waals surface area contributed by atoms with Gasteiger partial charge < -0.3 is 5.11 Å². The molecule has 0 saturated carbocycles. The first-order valence-corrected chi connectivity index (χ1v) is 8.86. The molecule has 114 valence electrons. The molecule has 0 bridgehead atoms. The number of aliphatic carboxylic acids is 1. The van der Waals surface area contributed by atoms with Gasteiger partial charge in [0.1, 0.15) is 4.90 Å². The molecule has 1 aromatic heterocycles. The fourth-order valence-corrected chi connectivity index (χ4v) is 4.74. The van der Waals surface area contributed by atoms with Crippen LogP contribution >= 0.6 is 11.8 Å².